The van der Waals surface area contributed by atoms with Crippen LogP contribution in [0.25, 0.3) is 0 Å². The van der Waals surface area contributed by atoms with Crippen LogP contribution in [0.15, 0.2) is 42.6 Å². The lowest BCUT2D eigenvalue weighted by atomic mass is 10.2. The number of benzene rings is 1. The van der Waals surface area contributed by atoms with Crippen molar-refractivity contribution in [3.05, 3.63) is 58.3 Å². The molecule has 2 N–H and O–H groups in total. The van der Waals surface area contributed by atoms with Gasteiger partial charge in [0.25, 0.3) is 5.69 Å². The van der Waals surface area contributed by atoms with Gasteiger partial charge in [0.15, 0.2) is 0 Å². The molecule has 1 aromatic carbocycles. The van der Waals surface area contributed by atoms with E-state index in [1.54, 1.807) is 30.5 Å². The standard InChI is InChI=1S/C16H18N4O4/c1-24-16-7-6-12(11-19-16)10-18-15(21)8-9-17-13-4-2-3-5-14(13)20(22)23/h2-7,11,17H,8-10H2,1H3,(H,18,21). The first-order valence-electron chi connectivity index (χ1n) is 7.33. The van der Waals surface area contributed by atoms with Gasteiger partial charge in [0.1, 0.15) is 5.69 Å². The van der Waals surface area contributed by atoms with Gasteiger partial charge in [-0.3, -0.25) is 14.9 Å². The van der Waals surface area contributed by atoms with Crippen LogP contribution in [-0.2, 0) is 11.3 Å². The zero-order valence-electron chi connectivity index (χ0n) is 13.2. The van der Waals surface area contributed by atoms with Crippen molar-refractivity contribution in [3.63, 3.8) is 0 Å². The van der Waals surface area contributed by atoms with Gasteiger partial charge >= 0.3 is 0 Å². The highest BCUT2D eigenvalue weighted by atomic mass is 16.6. The van der Waals surface area contributed by atoms with Gasteiger partial charge in [0.2, 0.25) is 11.8 Å². The normalized spacial score (nSPS) is 10.0. The number of rotatable bonds is 8. The number of amides is 1. The van der Waals surface area contributed by atoms with Crippen LogP contribution in [0.3, 0.4) is 0 Å². The van der Waals surface area contributed by atoms with Gasteiger partial charge in [0, 0.05) is 37.8 Å². The van der Waals surface area contributed by atoms with Gasteiger partial charge in [-0.25, -0.2) is 4.98 Å². The Morgan fingerprint density at radius 1 is 1.29 bits per heavy atom. The van der Waals surface area contributed by atoms with Crippen molar-refractivity contribution in [2.75, 3.05) is 19.0 Å². The molecule has 0 aliphatic rings. The average Bonchev–Trinajstić information content (AvgIpc) is 2.60. The largest absolute Gasteiger partial charge is 0.481 e. The number of carbonyl (C=O) groups excluding carboxylic acids is 1. The third-order valence-electron chi connectivity index (χ3n) is 3.26. The van der Waals surface area contributed by atoms with Crippen LogP contribution in [0.4, 0.5) is 11.4 Å². The molecular formula is C16H18N4O4. The lowest BCUT2D eigenvalue weighted by Gasteiger charge is -2.08. The molecule has 2 rings (SSSR count). The fraction of sp³-hybridized carbons (Fsp3) is 0.250. The van der Waals surface area contributed by atoms with Crippen molar-refractivity contribution in [2.45, 2.75) is 13.0 Å². The number of para-hydroxylation sites is 2. The number of anilines is 1. The summed E-state index contributed by atoms with van der Waals surface area (Å²) in [5.74, 6) is 0.357. The molecular weight excluding hydrogens is 312 g/mol. The topological polar surface area (TPSA) is 106 Å². The molecule has 0 aliphatic carbocycles. The molecule has 8 heteroatoms. The molecule has 0 unspecified atom stereocenters. The quantitative estimate of drug-likeness (QED) is 0.567. The van der Waals surface area contributed by atoms with E-state index >= 15 is 0 Å². The van der Waals surface area contributed by atoms with E-state index in [9.17, 15) is 14.9 Å². The van der Waals surface area contributed by atoms with E-state index in [2.05, 4.69) is 15.6 Å². The highest BCUT2D eigenvalue weighted by Gasteiger charge is 2.12. The Hall–Kier alpha value is -3.16. The van der Waals surface area contributed by atoms with Crippen molar-refractivity contribution in [3.8, 4) is 5.88 Å². The molecule has 24 heavy (non-hydrogen) atoms. The number of methoxy groups -OCH3 is 1. The van der Waals surface area contributed by atoms with E-state index in [0.29, 0.717) is 24.7 Å². The van der Waals surface area contributed by atoms with Gasteiger partial charge < -0.3 is 15.4 Å². The Balaban J connectivity index is 1.76. The molecule has 0 aliphatic heterocycles. The first-order chi connectivity index (χ1) is 11.6. The highest BCUT2D eigenvalue weighted by molar-refractivity contribution is 5.76. The molecule has 2 aromatic rings. The molecule has 1 amide bonds. The van der Waals surface area contributed by atoms with E-state index < -0.39 is 4.92 Å². The van der Waals surface area contributed by atoms with Crippen LogP contribution in [-0.4, -0.2) is 29.5 Å². The van der Waals surface area contributed by atoms with Crippen LogP contribution in [0.2, 0.25) is 0 Å². The van der Waals surface area contributed by atoms with Crippen molar-refractivity contribution in [1.82, 2.24) is 10.3 Å². The first-order valence-corrected chi connectivity index (χ1v) is 7.33. The molecule has 1 aromatic heterocycles. The number of nitrogens with zero attached hydrogens (tertiary/aromatic N) is 2. The fourth-order valence-electron chi connectivity index (χ4n) is 2.02. The Labute approximate surface area is 139 Å². The molecule has 8 nitrogen and oxygen atoms in total. The van der Waals surface area contributed by atoms with Gasteiger partial charge in [-0.1, -0.05) is 18.2 Å². The lowest BCUT2D eigenvalue weighted by Crippen LogP contribution is -2.25. The summed E-state index contributed by atoms with van der Waals surface area (Å²) in [7, 11) is 1.54. The monoisotopic (exact) mass is 330 g/mol. The number of nitrogens with one attached hydrogen (secondary N) is 2. The first kappa shape index (κ1) is 17.2. The average molecular weight is 330 g/mol. The van der Waals surface area contributed by atoms with E-state index in [-0.39, 0.29) is 18.0 Å². The maximum Gasteiger partial charge on any atom is 0.292 e. The van der Waals surface area contributed by atoms with E-state index in [1.807, 2.05) is 6.07 Å². The van der Waals surface area contributed by atoms with Crippen LogP contribution in [0.1, 0.15) is 12.0 Å². The maximum atomic E-state index is 11.8. The number of nitro benzene ring substituents is 1. The zero-order chi connectivity index (χ0) is 17.4. The summed E-state index contributed by atoms with van der Waals surface area (Å²) in [5.41, 5.74) is 1.24. The fourth-order valence-corrected chi connectivity index (χ4v) is 2.02. The van der Waals surface area contributed by atoms with Crippen molar-refractivity contribution in [1.29, 1.82) is 0 Å². The van der Waals surface area contributed by atoms with Crippen LogP contribution >= 0.6 is 0 Å². The predicted octanol–water partition coefficient (Wildman–Crippen LogP) is 2.12. The second kappa shape index (κ2) is 8.47. The molecule has 0 spiro atoms. The summed E-state index contributed by atoms with van der Waals surface area (Å²) in [6.45, 7) is 0.666. The van der Waals surface area contributed by atoms with Crippen LogP contribution in [0.5, 0.6) is 5.88 Å². The number of carbonyl (C=O) groups is 1. The maximum absolute atomic E-state index is 11.8. The molecule has 0 radical (unpaired) electrons. The minimum atomic E-state index is -0.459. The van der Waals surface area contributed by atoms with Crippen LogP contribution < -0.4 is 15.4 Å². The van der Waals surface area contributed by atoms with E-state index in [4.69, 9.17) is 4.74 Å². The summed E-state index contributed by atoms with van der Waals surface area (Å²) < 4.78 is 4.96. The van der Waals surface area contributed by atoms with Gasteiger partial charge in [0.05, 0.1) is 12.0 Å². The second-order valence-corrected chi connectivity index (χ2v) is 4.94. The van der Waals surface area contributed by atoms with Crippen LogP contribution in [0, 0.1) is 10.1 Å². The number of hydrogen-bond donors (Lipinski definition) is 2. The van der Waals surface area contributed by atoms with Gasteiger partial charge in [-0.2, -0.15) is 0 Å². The Morgan fingerprint density at radius 3 is 2.75 bits per heavy atom. The van der Waals surface area contributed by atoms with Crippen molar-refractivity contribution < 1.29 is 14.5 Å². The third kappa shape index (κ3) is 4.94. The lowest BCUT2D eigenvalue weighted by molar-refractivity contribution is -0.384. The van der Waals surface area contributed by atoms with Crippen molar-refractivity contribution in [2.24, 2.45) is 0 Å². The molecule has 0 atom stereocenters. The minimum absolute atomic E-state index is 0.0118. The predicted molar refractivity (Wildman–Crippen MR) is 88.8 cm³/mol. The number of aromatic nitrogens is 1. The van der Waals surface area contributed by atoms with Gasteiger partial charge in [-0.05, 0) is 11.6 Å². The number of nitro groups is 1. The molecule has 126 valence electrons. The molecule has 0 saturated heterocycles. The van der Waals surface area contributed by atoms with Gasteiger partial charge in [-0.15, -0.1) is 0 Å². The summed E-state index contributed by atoms with van der Waals surface area (Å²) in [6, 6.07) is 9.86. The summed E-state index contributed by atoms with van der Waals surface area (Å²) in [5, 5.41) is 16.6. The highest BCUT2D eigenvalue weighted by Crippen LogP contribution is 2.22. The third-order valence-corrected chi connectivity index (χ3v) is 3.26. The number of ether oxygens (including phenoxy) is 1. The SMILES string of the molecule is COc1ccc(CNC(=O)CCNc2ccccc2[N+](=O)[O-])cn1. The van der Waals surface area contributed by atoms with Crippen molar-refractivity contribution >= 4 is 17.3 Å². The molecule has 0 fully saturated rings. The van der Waals surface area contributed by atoms with E-state index in [1.165, 1.54) is 13.2 Å². The minimum Gasteiger partial charge on any atom is -0.481 e. The summed E-state index contributed by atoms with van der Waals surface area (Å²) in [6.07, 6.45) is 1.83. The second-order valence-electron chi connectivity index (χ2n) is 4.94. The molecule has 0 saturated carbocycles. The molecule has 1 heterocycles. The Morgan fingerprint density at radius 2 is 2.08 bits per heavy atom. The summed E-state index contributed by atoms with van der Waals surface area (Å²) >= 11 is 0. The summed E-state index contributed by atoms with van der Waals surface area (Å²) in [4.78, 5) is 26.3. The number of hydrogen-bond acceptors (Lipinski definition) is 6. The zero-order valence-corrected chi connectivity index (χ0v) is 13.2. The number of pyridine rings is 1. The Bertz CT molecular complexity index is 703. The Kier molecular flexibility index (Phi) is 6.07. The molecule has 0 bridgehead atoms. The van der Waals surface area contributed by atoms with E-state index in [0.717, 1.165) is 5.56 Å². The smallest absolute Gasteiger partial charge is 0.292 e.